The Balaban J connectivity index is 1.49. The molecule has 0 radical (unpaired) electrons. The van der Waals surface area contributed by atoms with Crippen molar-refractivity contribution in [1.82, 2.24) is 10.3 Å². The van der Waals surface area contributed by atoms with Crippen LogP contribution in [0, 0.1) is 0 Å². The second kappa shape index (κ2) is 10.2. The summed E-state index contributed by atoms with van der Waals surface area (Å²) in [6, 6.07) is 8.93. The van der Waals surface area contributed by atoms with Crippen LogP contribution in [0.3, 0.4) is 0 Å². The summed E-state index contributed by atoms with van der Waals surface area (Å²) in [5, 5.41) is 6.08. The molecule has 7 heteroatoms. The topological polar surface area (TPSA) is 66.5 Å². The van der Waals surface area contributed by atoms with Crippen LogP contribution in [0.25, 0.3) is 0 Å². The molecule has 3 rings (SSSR count). The predicted molar refractivity (Wildman–Crippen MR) is 113 cm³/mol. The largest absolute Gasteiger partial charge is 0.492 e. The second-order valence-electron chi connectivity index (χ2n) is 6.81. The average molecular weight is 403 g/mol. The van der Waals surface area contributed by atoms with Crippen LogP contribution in [0.2, 0.25) is 5.02 Å². The molecule has 28 heavy (non-hydrogen) atoms. The Labute approximate surface area is 171 Å². The molecule has 2 aromatic rings. The Morgan fingerprint density at radius 1 is 1.18 bits per heavy atom. The zero-order valence-electron chi connectivity index (χ0n) is 16.2. The number of amides is 2. The van der Waals surface area contributed by atoms with E-state index in [1.807, 2.05) is 25.3 Å². The number of hydrogen-bond acceptors (Lipinski definition) is 4. The first-order valence-electron chi connectivity index (χ1n) is 9.83. The number of carbonyl (C=O) groups is 1. The van der Waals surface area contributed by atoms with Gasteiger partial charge in [-0.3, -0.25) is 0 Å². The minimum atomic E-state index is -0.295. The van der Waals surface area contributed by atoms with Crippen LogP contribution in [-0.2, 0) is 6.54 Å². The number of aromatic nitrogens is 1. The van der Waals surface area contributed by atoms with Gasteiger partial charge in [-0.1, -0.05) is 30.5 Å². The van der Waals surface area contributed by atoms with Crippen LogP contribution >= 0.6 is 11.6 Å². The number of urea groups is 1. The Bertz CT molecular complexity index is 774. The highest BCUT2D eigenvalue weighted by Gasteiger charge is 2.11. The van der Waals surface area contributed by atoms with Crippen LogP contribution in [0.1, 0.15) is 38.2 Å². The lowest BCUT2D eigenvalue weighted by atomic mass is 10.2. The van der Waals surface area contributed by atoms with Gasteiger partial charge in [0, 0.05) is 31.5 Å². The quantitative estimate of drug-likeness (QED) is 0.725. The van der Waals surface area contributed by atoms with Crippen molar-refractivity contribution in [3.63, 3.8) is 0 Å². The number of benzene rings is 1. The molecule has 2 amide bonds. The monoisotopic (exact) mass is 402 g/mol. The molecular formula is C21H27ClN4O2. The van der Waals surface area contributed by atoms with Gasteiger partial charge in [0.1, 0.15) is 11.6 Å². The maximum Gasteiger partial charge on any atom is 0.319 e. The molecule has 0 saturated carbocycles. The average Bonchev–Trinajstić information content (AvgIpc) is 2.99. The Hall–Kier alpha value is -2.47. The highest BCUT2D eigenvalue weighted by Crippen LogP contribution is 2.27. The van der Waals surface area contributed by atoms with E-state index in [1.165, 1.54) is 25.7 Å². The van der Waals surface area contributed by atoms with Gasteiger partial charge in [-0.25, -0.2) is 9.78 Å². The number of carbonyl (C=O) groups excluding carboxylic acids is 1. The number of rotatable bonds is 6. The molecule has 0 unspecified atom stereocenters. The van der Waals surface area contributed by atoms with Crippen molar-refractivity contribution in [1.29, 1.82) is 0 Å². The van der Waals surface area contributed by atoms with Gasteiger partial charge in [0.25, 0.3) is 0 Å². The molecule has 0 atom stereocenters. The fourth-order valence-electron chi connectivity index (χ4n) is 3.22. The van der Waals surface area contributed by atoms with E-state index in [1.54, 1.807) is 18.2 Å². The predicted octanol–water partition coefficient (Wildman–Crippen LogP) is 4.84. The standard InChI is InChI=1S/C21H27ClN4O2/c1-2-28-19-9-8-17(13-18(19)22)25-21(27)24-15-16-7-10-20(23-14-16)26-11-5-3-4-6-12-26/h7-10,13-14H,2-6,11-12,15H2,1H3,(H2,24,25,27). The van der Waals surface area contributed by atoms with Crippen molar-refractivity contribution in [2.75, 3.05) is 29.9 Å². The maximum absolute atomic E-state index is 12.1. The lowest BCUT2D eigenvalue weighted by Gasteiger charge is -2.21. The third kappa shape index (κ3) is 5.76. The summed E-state index contributed by atoms with van der Waals surface area (Å²) in [4.78, 5) is 19.0. The van der Waals surface area contributed by atoms with Crippen molar-refractivity contribution in [2.24, 2.45) is 0 Å². The molecule has 1 aromatic heterocycles. The zero-order chi connectivity index (χ0) is 19.8. The summed E-state index contributed by atoms with van der Waals surface area (Å²) in [6.45, 7) is 4.97. The number of nitrogens with zero attached hydrogens (tertiary/aromatic N) is 2. The smallest absolute Gasteiger partial charge is 0.319 e. The third-order valence-electron chi connectivity index (χ3n) is 4.68. The Kier molecular flexibility index (Phi) is 7.37. The zero-order valence-corrected chi connectivity index (χ0v) is 17.0. The van der Waals surface area contributed by atoms with Gasteiger partial charge >= 0.3 is 6.03 Å². The Morgan fingerprint density at radius 2 is 1.96 bits per heavy atom. The van der Waals surface area contributed by atoms with Crippen LogP contribution in [0.4, 0.5) is 16.3 Å². The first kappa shape index (κ1) is 20.3. The van der Waals surface area contributed by atoms with E-state index in [0.29, 0.717) is 29.6 Å². The van der Waals surface area contributed by atoms with Gasteiger partial charge in [-0.05, 0) is 49.6 Å². The number of anilines is 2. The molecular weight excluding hydrogens is 376 g/mol. The molecule has 1 saturated heterocycles. The van der Waals surface area contributed by atoms with E-state index < -0.39 is 0 Å². The highest BCUT2D eigenvalue weighted by molar-refractivity contribution is 6.32. The van der Waals surface area contributed by atoms with E-state index in [-0.39, 0.29) is 6.03 Å². The van der Waals surface area contributed by atoms with Crippen molar-refractivity contribution in [3.8, 4) is 5.75 Å². The summed E-state index contributed by atoms with van der Waals surface area (Å²) in [5.74, 6) is 1.62. The number of nitrogens with one attached hydrogen (secondary N) is 2. The maximum atomic E-state index is 12.1. The second-order valence-corrected chi connectivity index (χ2v) is 7.22. The summed E-state index contributed by atoms with van der Waals surface area (Å²) >= 11 is 6.14. The van der Waals surface area contributed by atoms with Crippen molar-refractivity contribution < 1.29 is 9.53 Å². The van der Waals surface area contributed by atoms with E-state index in [0.717, 1.165) is 24.5 Å². The van der Waals surface area contributed by atoms with Crippen LogP contribution in [0.15, 0.2) is 36.5 Å². The highest BCUT2D eigenvalue weighted by atomic mass is 35.5. The summed E-state index contributed by atoms with van der Waals surface area (Å²) in [7, 11) is 0. The van der Waals surface area contributed by atoms with Gasteiger partial charge in [-0.2, -0.15) is 0 Å². The first-order chi connectivity index (χ1) is 13.7. The van der Waals surface area contributed by atoms with E-state index in [2.05, 4.69) is 20.5 Å². The van der Waals surface area contributed by atoms with Gasteiger partial charge in [-0.15, -0.1) is 0 Å². The number of hydrogen-bond donors (Lipinski definition) is 2. The third-order valence-corrected chi connectivity index (χ3v) is 4.98. The number of pyridine rings is 1. The SMILES string of the molecule is CCOc1ccc(NC(=O)NCc2ccc(N3CCCCCC3)nc2)cc1Cl. The van der Waals surface area contributed by atoms with Crippen LogP contribution in [-0.4, -0.2) is 30.7 Å². The molecule has 1 aliphatic heterocycles. The fourth-order valence-corrected chi connectivity index (χ4v) is 3.45. The molecule has 0 spiro atoms. The molecule has 2 heterocycles. The fraction of sp³-hybridized carbons (Fsp3) is 0.429. The van der Waals surface area contributed by atoms with Crippen molar-refractivity contribution in [3.05, 3.63) is 47.1 Å². The van der Waals surface area contributed by atoms with Gasteiger partial charge in [0.2, 0.25) is 0 Å². The van der Waals surface area contributed by atoms with E-state index in [4.69, 9.17) is 16.3 Å². The van der Waals surface area contributed by atoms with Gasteiger partial charge in [0.05, 0.1) is 11.6 Å². The Morgan fingerprint density at radius 3 is 2.61 bits per heavy atom. The molecule has 2 N–H and O–H groups in total. The minimum Gasteiger partial charge on any atom is -0.492 e. The first-order valence-corrected chi connectivity index (χ1v) is 10.2. The lowest BCUT2D eigenvalue weighted by molar-refractivity contribution is 0.251. The molecule has 0 bridgehead atoms. The molecule has 1 fully saturated rings. The molecule has 1 aliphatic rings. The number of ether oxygens (including phenoxy) is 1. The lowest BCUT2D eigenvalue weighted by Crippen LogP contribution is -2.28. The van der Waals surface area contributed by atoms with E-state index >= 15 is 0 Å². The summed E-state index contributed by atoms with van der Waals surface area (Å²) in [5.41, 5.74) is 1.57. The normalized spacial score (nSPS) is 14.3. The van der Waals surface area contributed by atoms with Crippen LogP contribution in [0.5, 0.6) is 5.75 Å². The molecule has 150 valence electrons. The van der Waals surface area contributed by atoms with E-state index in [9.17, 15) is 4.79 Å². The molecule has 1 aromatic carbocycles. The van der Waals surface area contributed by atoms with Crippen molar-refractivity contribution >= 4 is 29.1 Å². The van der Waals surface area contributed by atoms with Gasteiger partial charge < -0.3 is 20.3 Å². The van der Waals surface area contributed by atoms with Gasteiger partial charge in [0.15, 0.2) is 0 Å². The summed E-state index contributed by atoms with van der Waals surface area (Å²) < 4.78 is 5.39. The summed E-state index contributed by atoms with van der Waals surface area (Å²) in [6.07, 6.45) is 6.87. The number of halogens is 1. The molecule has 0 aliphatic carbocycles. The van der Waals surface area contributed by atoms with Crippen LogP contribution < -0.4 is 20.3 Å². The van der Waals surface area contributed by atoms with Crippen molar-refractivity contribution in [2.45, 2.75) is 39.2 Å². The molecule has 6 nitrogen and oxygen atoms in total. The minimum absolute atomic E-state index is 0.295.